The topological polar surface area (TPSA) is 46.2 Å². The van der Waals surface area contributed by atoms with Crippen LogP contribution in [-0.2, 0) is 9.59 Å². The summed E-state index contributed by atoms with van der Waals surface area (Å²) in [5, 5.41) is 2.78. The molecule has 0 aromatic heterocycles. The Morgan fingerprint density at radius 3 is 1.88 bits per heavy atom. The monoisotopic (exact) mass is 227 g/mol. The minimum Gasteiger partial charge on any atom is -0.346 e. The molecule has 0 radical (unpaired) electrons. The highest BCUT2D eigenvalue weighted by atomic mass is 16.2. The summed E-state index contributed by atoms with van der Waals surface area (Å²) in [6, 6.07) is -0.374. The summed E-state index contributed by atoms with van der Waals surface area (Å²) in [4.78, 5) is 23.1. The lowest BCUT2D eigenvalue weighted by atomic mass is 9.86. The van der Waals surface area contributed by atoms with E-state index in [1.165, 1.54) is 6.92 Å². The molecule has 0 aliphatic rings. The summed E-state index contributed by atoms with van der Waals surface area (Å²) in [5.41, 5.74) is 0. The first kappa shape index (κ1) is 15.1. The van der Waals surface area contributed by atoms with Crippen molar-refractivity contribution >= 4 is 11.7 Å². The normalized spacial score (nSPS) is 15.0. The molecule has 2 atom stereocenters. The molecule has 1 amide bonds. The lowest BCUT2D eigenvalue weighted by molar-refractivity contribution is -0.130. The van der Waals surface area contributed by atoms with E-state index >= 15 is 0 Å². The molecule has 0 heterocycles. The van der Waals surface area contributed by atoms with Gasteiger partial charge in [-0.25, -0.2) is 0 Å². The molecule has 0 fully saturated rings. The van der Waals surface area contributed by atoms with E-state index in [9.17, 15) is 9.59 Å². The molecule has 94 valence electrons. The van der Waals surface area contributed by atoms with Gasteiger partial charge in [-0.05, 0) is 32.1 Å². The van der Waals surface area contributed by atoms with Gasteiger partial charge in [0, 0.05) is 5.92 Å². The van der Waals surface area contributed by atoms with Crippen LogP contribution in [0.25, 0.3) is 0 Å². The van der Waals surface area contributed by atoms with Crippen LogP contribution in [-0.4, -0.2) is 17.7 Å². The third-order valence-electron chi connectivity index (χ3n) is 2.84. The quantitative estimate of drug-likeness (QED) is 0.757. The summed E-state index contributed by atoms with van der Waals surface area (Å²) < 4.78 is 0. The van der Waals surface area contributed by atoms with E-state index < -0.39 is 0 Å². The smallest absolute Gasteiger partial charge is 0.223 e. The van der Waals surface area contributed by atoms with E-state index in [4.69, 9.17) is 0 Å². The number of rotatable bonds is 6. The Balaban J connectivity index is 4.44. The molecular weight excluding hydrogens is 202 g/mol. The van der Waals surface area contributed by atoms with E-state index in [1.807, 2.05) is 13.8 Å². The Hall–Kier alpha value is -0.860. The van der Waals surface area contributed by atoms with Crippen molar-refractivity contribution in [2.45, 2.75) is 54.0 Å². The highest BCUT2D eigenvalue weighted by Crippen LogP contribution is 2.20. The maximum absolute atomic E-state index is 12.0. The highest BCUT2D eigenvalue weighted by Gasteiger charge is 2.24. The van der Waals surface area contributed by atoms with Gasteiger partial charge < -0.3 is 5.32 Å². The van der Waals surface area contributed by atoms with Gasteiger partial charge in [-0.2, -0.15) is 0 Å². The van der Waals surface area contributed by atoms with Gasteiger partial charge in [-0.3, -0.25) is 9.59 Å². The van der Waals surface area contributed by atoms with Crippen LogP contribution in [0.5, 0.6) is 0 Å². The summed E-state index contributed by atoms with van der Waals surface area (Å²) in [7, 11) is 0. The fraction of sp³-hybridized carbons (Fsp3) is 0.846. The van der Waals surface area contributed by atoms with Crippen molar-refractivity contribution in [2.24, 2.45) is 17.8 Å². The number of amides is 1. The van der Waals surface area contributed by atoms with Crippen LogP contribution >= 0.6 is 0 Å². The number of hydrogen-bond acceptors (Lipinski definition) is 2. The lowest BCUT2D eigenvalue weighted by Crippen LogP contribution is -2.42. The van der Waals surface area contributed by atoms with Crippen molar-refractivity contribution in [1.82, 2.24) is 5.32 Å². The average Bonchev–Trinajstić information content (AvgIpc) is 2.12. The van der Waals surface area contributed by atoms with Gasteiger partial charge in [-0.1, -0.05) is 27.7 Å². The second-order valence-electron chi connectivity index (χ2n) is 5.32. The molecule has 0 spiro atoms. The molecule has 0 saturated heterocycles. The Morgan fingerprint density at radius 1 is 1.06 bits per heavy atom. The zero-order valence-electron chi connectivity index (χ0n) is 11.3. The van der Waals surface area contributed by atoms with Crippen LogP contribution in [0.4, 0.5) is 0 Å². The predicted octanol–water partition coefficient (Wildman–Crippen LogP) is 2.40. The summed E-state index contributed by atoms with van der Waals surface area (Å²) in [6.07, 6.45) is 0.869. The first-order valence-corrected chi connectivity index (χ1v) is 6.06. The number of hydrogen-bond donors (Lipinski definition) is 1. The third-order valence-corrected chi connectivity index (χ3v) is 2.84. The van der Waals surface area contributed by atoms with Gasteiger partial charge in [-0.15, -0.1) is 0 Å². The van der Waals surface area contributed by atoms with E-state index in [1.54, 1.807) is 6.92 Å². The minimum absolute atomic E-state index is 0.000373. The Labute approximate surface area is 99.0 Å². The minimum atomic E-state index is -0.374. The van der Waals surface area contributed by atoms with Gasteiger partial charge in [0.2, 0.25) is 5.91 Å². The summed E-state index contributed by atoms with van der Waals surface area (Å²) >= 11 is 0. The van der Waals surface area contributed by atoms with E-state index in [2.05, 4.69) is 19.2 Å². The van der Waals surface area contributed by atoms with Gasteiger partial charge in [0.1, 0.15) is 0 Å². The van der Waals surface area contributed by atoms with Crippen molar-refractivity contribution < 1.29 is 9.59 Å². The molecule has 0 bridgehead atoms. The van der Waals surface area contributed by atoms with Crippen LogP contribution in [0.1, 0.15) is 48.0 Å². The zero-order chi connectivity index (χ0) is 12.9. The van der Waals surface area contributed by atoms with Crippen LogP contribution in [0.3, 0.4) is 0 Å². The maximum Gasteiger partial charge on any atom is 0.223 e. The second-order valence-corrected chi connectivity index (χ2v) is 5.32. The molecule has 0 aromatic rings. The standard InChI is InChI=1S/C13H25NO2/c1-8(2)7-12(9(3)4)13(16)14-10(5)11(6)15/h8-10,12H,7H2,1-6H3,(H,14,16)/t10-,12-/m0/s1. The Morgan fingerprint density at radius 2 is 1.56 bits per heavy atom. The average molecular weight is 227 g/mol. The van der Waals surface area contributed by atoms with Gasteiger partial charge in [0.25, 0.3) is 0 Å². The largest absolute Gasteiger partial charge is 0.346 e. The number of ketones is 1. The van der Waals surface area contributed by atoms with E-state index in [0.717, 1.165) is 6.42 Å². The van der Waals surface area contributed by atoms with Crippen molar-refractivity contribution in [1.29, 1.82) is 0 Å². The van der Waals surface area contributed by atoms with Crippen LogP contribution in [0, 0.1) is 17.8 Å². The Bertz CT molecular complexity index is 246. The second kappa shape index (κ2) is 6.66. The third kappa shape index (κ3) is 5.29. The van der Waals surface area contributed by atoms with Crippen molar-refractivity contribution in [2.75, 3.05) is 0 Å². The Kier molecular flexibility index (Phi) is 6.31. The van der Waals surface area contributed by atoms with Crippen LogP contribution in [0.2, 0.25) is 0 Å². The maximum atomic E-state index is 12.0. The molecule has 0 rings (SSSR count). The van der Waals surface area contributed by atoms with Crippen molar-refractivity contribution in [3.8, 4) is 0 Å². The molecule has 16 heavy (non-hydrogen) atoms. The first-order valence-electron chi connectivity index (χ1n) is 6.06. The first-order chi connectivity index (χ1) is 7.25. The van der Waals surface area contributed by atoms with E-state index in [-0.39, 0.29) is 23.7 Å². The zero-order valence-corrected chi connectivity index (χ0v) is 11.3. The number of carbonyl (C=O) groups is 2. The molecular formula is C13H25NO2. The molecule has 3 heteroatoms. The SMILES string of the molecule is CC(=O)[C@H](C)NC(=O)[C@@H](CC(C)C)C(C)C. The fourth-order valence-corrected chi connectivity index (χ4v) is 1.61. The summed E-state index contributed by atoms with van der Waals surface area (Å²) in [6.45, 7) is 11.5. The molecule has 0 aliphatic heterocycles. The number of carbonyl (C=O) groups excluding carboxylic acids is 2. The highest BCUT2D eigenvalue weighted by molar-refractivity contribution is 5.88. The van der Waals surface area contributed by atoms with Crippen LogP contribution in [0.15, 0.2) is 0 Å². The van der Waals surface area contributed by atoms with Gasteiger partial charge in [0.05, 0.1) is 6.04 Å². The van der Waals surface area contributed by atoms with Gasteiger partial charge >= 0.3 is 0 Å². The van der Waals surface area contributed by atoms with Crippen molar-refractivity contribution in [3.05, 3.63) is 0 Å². The van der Waals surface area contributed by atoms with E-state index in [0.29, 0.717) is 11.8 Å². The predicted molar refractivity (Wildman–Crippen MR) is 66.1 cm³/mol. The molecule has 0 aromatic carbocycles. The molecule has 0 unspecified atom stereocenters. The number of nitrogens with one attached hydrogen (secondary N) is 1. The number of Topliss-reactive ketones (excluding diaryl/α,β-unsaturated/α-hetero) is 1. The molecule has 3 nitrogen and oxygen atoms in total. The van der Waals surface area contributed by atoms with Gasteiger partial charge in [0.15, 0.2) is 5.78 Å². The molecule has 0 aliphatic carbocycles. The summed E-state index contributed by atoms with van der Waals surface area (Å²) in [5.74, 6) is 0.806. The fourth-order valence-electron chi connectivity index (χ4n) is 1.61. The van der Waals surface area contributed by atoms with Crippen LogP contribution < -0.4 is 5.32 Å². The lowest BCUT2D eigenvalue weighted by Gasteiger charge is -2.23. The molecule has 1 N–H and O–H groups in total. The molecule has 0 saturated carbocycles. The van der Waals surface area contributed by atoms with Crippen molar-refractivity contribution in [3.63, 3.8) is 0 Å².